The number of rotatable bonds is 1. The molecule has 0 saturated carbocycles. The second kappa shape index (κ2) is 4.34. The SMILES string of the molecule is Fc1cc2nc(-c3nccc4ccccc34)[nH]c2cc1F. The first-order chi connectivity index (χ1) is 10.2. The molecule has 0 radical (unpaired) electrons. The second-order valence-corrected chi connectivity index (χ2v) is 4.75. The van der Waals surface area contributed by atoms with Crippen LogP contribution in [0.15, 0.2) is 48.7 Å². The molecule has 0 amide bonds. The van der Waals surface area contributed by atoms with Crippen LogP contribution in [0.1, 0.15) is 0 Å². The number of benzene rings is 2. The van der Waals surface area contributed by atoms with Crippen LogP contribution < -0.4 is 0 Å². The molecule has 3 nitrogen and oxygen atoms in total. The Balaban J connectivity index is 2.00. The summed E-state index contributed by atoms with van der Waals surface area (Å²) in [6, 6.07) is 11.8. The number of nitrogens with one attached hydrogen (secondary N) is 1. The molecule has 0 unspecified atom stereocenters. The summed E-state index contributed by atoms with van der Waals surface area (Å²) in [4.78, 5) is 11.6. The van der Waals surface area contributed by atoms with Gasteiger partial charge in [0.05, 0.1) is 11.0 Å². The Bertz CT molecular complexity index is 932. The van der Waals surface area contributed by atoms with E-state index in [0.717, 1.165) is 22.9 Å². The number of hydrogen-bond donors (Lipinski definition) is 1. The van der Waals surface area contributed by atoms with E-state index in [2.05, 4.69) is 15.0 Å². The van der Waals surface area contributed by atoms with Crippen LogP contribution in [0.5, 0.6) is 0 Å². The van der Waals surface area contributed by atoms with Crippen molar-refractivity contribution in [2.24, 2.45) is 0 Å². The van der Waals surface area contributed by atoms with Crippen molar-refractivity contribution in [2.45, 2.75) is 0 Å². The monoisotopic (exact) mass is 281 g/mol. The number of aromatic amines is 1. The highest BCUT2D eigenvalue weighted by Crippen LogP contribution is 2.26. The molecule has 0 bridgehead atoms. The van der Waals surface area contributed by atoms with Crippen LogP contribution in [0, 0.1) is 11.6 Å². The van der Waals surface area contributed by atoms with Gasteiger partial charge in [0.1, 0.15) is 5.69 Å². The largest absolute Gasteiger partial charge is 0.337 e. The average molecular weight is 281 g/mol. The van der Waals surface area contributed by atoms with E-state index in [1.54, 1.807) is 6.20 Å². The standard InChI is InChI=1S/C16H9F2N3/c17-11-7-13-14(8-12(11)18)21-16(20-13)15-10-4-2-1-3-9(10)5-6-19-15/h1-8H,(H,20,21). The molecule has 1 N–H and O–H groups in total. The minimum Gasteiger partial charge on any atom is -0.337 e. The van der Waals surface area contributed by atoms with E-state index < -0.39 is 11.6 Å². The van der Waals surface area contributed by atoms with Gasteiger partial charge in [0, 0.05) is 23.7 Å². The van der Waals surface area contributed by atoms with E-state index in [9.17, 15) is 8.78 Å². The number of imidazole rings is 1. The van der Waals surface area contributed by atoms with Crippen molar-refractivity contribution < 1.29 is 8.78 Å². The van der Waals surface area contributed by atoms with Crippen molar-refractivity contribution in [3.05, 3.63) is 60.3 Å². The van der Waals surface area contributed by atoms with Crippen molar-refractivity contribution in [1.29, 1.82) is 0 Å². The predicted octanol–water partition coefficient (Wildman–Crippen LogP) is 4.06. The lowest BCUT2D eigenvalue weighted by atomic mass is 10.1. The third kappa shape index (κ3) is 1.86. The summed E-state index contributed by atoms with van der Waals surface area (Å²) in [7, 11) is 0. The Morgan fingerprint density at radius 3 is 2.67 bits per heavy atom. The molecule has 4 aromatic rings. The van der Waals surface area contributed by atoms with Gasteiger partial charge >= 0.3 is 0 Å². The smallest absolute Gasteiger partial charge is 0.161 e. The fraction of sp³-hybridized carbons (Fsp3) is 0. The van der Waals surface area contributed by atoms with Crippen molar-refractivity contribution >= 4 is 21.8 Å². The molecule has 21 heavy (non-hydrogen) atoms. The number of nitrogens with zero attached hydrogens (tertiary/aromatic N) is 2. The van der Waals surface area contributed by atoms with Crippen LogP contribution in [0.25, 0.3) is 33.3 Å². The lowest BCUT2D eigenvalue weighted by Gasteiger charge is -2.01. The summed E-state index contributed by atoms with van der Waals surface area (Å²) in [6.45, 7) is 0. The molecule has 4 rings (SSSR count). The van der Waals surface area contributed by atoms with Gasteiger partial charge in [-0.1, -0.05) is 24.3 Å². The number of pyridine rings is 1. The number of aromatic nitrogens is 3. The Kier molecular flexibility index (Phi) is 2.47. The number of hydrogen-bond acceptors (Lipinski definition) is 2. The van der Waals surface area contributed by atoms with Crippen molar-refractivity contribution in [3.63, 3.8) is 0 Å². The van der Waals surface area contributed by atoms with E-state index in [1.807, 2.05) is 30.3 Å². The quantitative estimate of drug-likeness (QED) is 0.571. The number of halogens is 2. The Hall–Kier alpha value is -2.82. The van der Waals surface area contributed by atoms with Crippen molar-refractivity contribution in [3.8, 4) is 11.5 Å². The van der Waals surface area contributed by atoms with E-state index in [1.165, 1.54) is 0 Å². The van der Waals surface area contributed by atoms with Crippen molar-refractivity contribution in [2.75, 3.05) is 0 Å². The molecule has 0 atom stereocenters. The molecule has 102 valence electrons. The summed E-state index contributed by atoms with van der Waals surface area (Å²) in [5, 5.41) is 1.96. The zero-order valence-electron chi connectivity index (χ0n) is 10.8. The maximum atomic E-state index is 13.3. The maximum Gasteiger partial charge on any atom is 0.161 e. The summed E-state index contributed by atoms with van der Waals surface area (Å²) in [6.07, 6.45) is 1.69. The molecule has 0 fully saturated rings. The average Bonchev–Trinajstić information content (AvgIpc) is 2.90. The van der Waals surface area contributed by atoms with E-state index in [0.29, 0.717) is 22.6 Å². The van der Waals surface area contributed by atoms with E-state index in [4.69, 9.17) is 0 Å². The molecule has 0 aliphatic carbocycles. The van der Waals surface area contributed by atoms with E-state index in [-0.39, 0.29) is 0 Å². The van der Waals surface area contributed by atoms with E-state index >= 15 is 0 Å². The Morgan fingerprint density at radius 2 is 1.76 bits per heavy atom. The zero-order chi connectivity index (χ0) is 14.4. The molecular weight excluding hydrogens is 272 g/mol. The van der Waals surface area contributed by atoms with Gasteiger partial charge in [-0.25, -0.2) is 13.8 Å². The third-order valence-electron chi connectivity index (χ3n) is 3.42. The summed E-state index contributed by atoms with van der Waals surface area (Å²) in [5.41, 5.74) is 1.47. The molecular formula is C16H9F2N3. The summed E-state index contributed by atoms with van der Waals surface area (Å²) >= 11 is 0. The highest BCUT2D eigenvalue weighted by Gasteiger charge is 2.12. The van der Waals surface area contributed by atoms with Gasteiger partial charge in [0.25, 0.3) is 0 Å². The Labute approximate surface area is 118 Å². The van der Waals surface area contributed by atoms with Gasteiger partial charge in [-0.3, -0.25) is 4.98 Å². The lowest BCUT2D eigenvalue weighted by Crippen LogP contribution is -1.87. The van der Waals surface area contributed by atoms with Gasteiger partial charge < -0.3 is 4.98 Å². The van der Waals surface area contributed by atoms with Crippen LogP contribution in [-0.4, -0.2) is 15.0 Å². The highest BCUT2D eigenvalue weighted by atomic mass is 19.2. The van der Waals surface area contributed by atoms with Crippen molar-refractivity contribution in [1.82, 2.24) is 15.0 Å². The minimum absolute atomic E-state index is 0.374. The fourth-order valence-corrected chi connectivity index (χ4v) is 2.43. The number of fused-ring (bicyclic) bond motifs is 2. The fourth-order valence-electron chi connectivity index (χ4n) is 2.43. The molecule has 0 aliphatic heterocycles. The highest BCUT2D eigenvalue weighted by molar-refractivity contribution is 5.94. The zero-order valence-corrected chi connectivity index (χ0v) is 10.8. The Morgan fingerprint density at radius 1 is 0.952 bits per heavy atom. The first kappa shape index (κ1) is 12.0. The van der Waals surface area contributed by atoms with Crippen LogP contribution in [0.4, 0.5) is 8.78 Å². The van der Waals surface area contributed by atoms with Crippen LogP contribution in [-0.2, 0) is 0 Å². The van der Waals surface area contributed by atoms with Gasteiger partial charge in [0.2, 0.25) is 0 Å². The minimum atomic E-state index is -0.911. The molecule has 0 saturated heterocycles. The van der Waals surface area contributed by atoms with Gasteiger partial charge in [0.15, 0.2) is 17.5 Å². The predicted molar refractivity (Wildman–Crippen MR) is 76.7 cm³/mol. The van der Waals surface area contributed by atoms with Gasteiger partial charge in [-0.05, 0) is 11.5 Å². The van der Waals surface area contributed by atoms with Gasteiger partial charge in [-0.15, -0.1) is 0 Å². The lowest BCUT2D eigenvalue weighted by molar-refractivity contribution is 0.510. The normalized spacial score (nSPS) is 11.3. The number of H-pyrrole nitrogens is 1. The molecule has 2 aromatic carbocycles. The van der Waals surface area contributed by atoms with Gasteiger partial charge in [-0.2, -0.15) is 0 Å². The first-order valence-corrected chi connectivity index (χ1v) is 6.41. The second-order valence-electron chi connectivity index (χ2n) is 4.75. The molecule has 2 aromatic heterocycles. The maximum absolute atomic E-state index is 13.3. The molecule has 0 spiro atoms. The molecule has 5 heteroatoms. The summed E-state index contributed by atoms with van der Waals surface area (Å²) in [5.74, 6) is -1.32. The first-order valence-electron chi connectivity index (χ1n) is 6.41. The van der Waals surface area contributed by atoms with Crippen LogP contribution in [0.3, 0.4) is 0 Å². The molecule has 0 aliphatic rings. The summed E-state index contributed by atoms with van der Waals surface area (Å²) < 4.78 is 26.5. The van der Waals surface area contributed by atoms with Crippen LogP contribution in [0.2, 0.25) is 0 Å². The topological polar surface area (TPSA) is 41.6 Å². The van der Waals surface area contributed by atoms with Crippen LogP contribution >= 0.6 is 0 Å². The molecule has 2 heterocycles. The third-order valence-corrected chi connectivity index (χ3v) is 3.42.